The molecule has 7 heteroatoms. The van der Waals surface area contributed by atoms with E-state index in [-0.39, 0.29) is 32.9 Å². The van der Waals surface area contributed by atoms with Crippen LogP contribution in [0.15, 0.2) is 0 Å². The van der Waals surface area contributed by atoms with Gasteiger partial charge >= 0.3 is 5.97 Å². The molecule has 0 spiro atoms. The van der Waals surface area contributed by atoms with Crippen LogP contribution < -0.4 is 0 Å². The van der Waals surface area contributed by atoms with E-state index in [1.807, 2.05) is 0 Å². The van der Waals surface area contributed by atoms with Crippen LogP contribution in [0, 0.1) is 0 Å². The second-order valence-corrected chi connectivity index (χ2v) is 2.71. The Bertz CT molecular complexity index is 201. The zero-order valence-corrected chi connectivity index (χ0v) is 8.26. The van der Waals surface area contributed by atoms with E-state index in [4.69, 9.17) is 15.3 Å². The quantitative estimate of drug-likeness (QED) is 0.433. The lowest BCUT2D eigenvalue weighted by Gasteiger charge is -2.20. The lowest BCUT2D eigenvalue weighted by molar-refractivity contribution is -0.146. The SMILES string of the molecule is O=C(O)COCC(=O)N(CCO)CCO. The van der Waals surface area contributed by atoms with Crippen LogP contribution in [-0.2, 0) is 14.3 Å². The molecule has 15 heavy (non-hydrogen) atoms. The highest BCUT2D eigenvalue weighted by molar-refractivity contribution is 5.78. The first-order valence-electron chi connectivity index (χ1n) is 4.40. The second-order valence-electron chi connectivity index (χ2n) is 2.71. The third kappa shape index (κ3) is 6.83. The topological polar surface area (TPSA) is 107 Å². The maximum Gasteiger partial charge on any atom is 0.329 e. The maximum absolute atomic E-state index is 11.3. The molecule has 0 bridgehead atoms. The molecule has 0 aliphatic rings. The van der Waals surface area contributed by atoms with Crippen molar-refractivity contribution in [2.45, 2.75) is 0 Å². The monoisotopic (exact) mass is 221 g/mol. The van der Waals surface area contributed by atoms with E-state index in [0.29, 0.717) is 0 Å². The number of aliphatic carboxylic acids is 1. The molecule has 0 aliphatic heterocycles. The minimum absolute atomic E-state index is 0.0931. The van der Waals surface area contributed by atoms with E-state index in [1.165, 1.54) is 4.90 Å². The van der Waals surface area contributed by atoms with Gasteiger partial charge < -0.3 is 25.0 Å². The fourth-order valence-corrected chi connectivity index (χ4v) is 0.920. The number of carboxylic acid groups (broad SMARTS) is 1. The van der Waals surface area contributed by atoms with Crippen LogP contribution in [0.2, 0.25) is 0 Å². The number of amides is 1. The molecule has 1 amide bonds. The summed E-state index contributed by atoms with van der Waals surface area (Å²) in [6, 6.07) is 0. The summed E-state index contributed by atoms with van der Waals surface area (Å²) < 4.78 is 4.58. The van der Waals surface area contributed by atoms with Crippen molar-refractivity contribution >= 4 is 11.9 Å². The summed E-state index contributed by atoms with van der Waals surface area (Å²) in [5.41, 5.74) is 0. The number of ether oxygens (including phenoxy) is 1. The second kappa shape index (κ2) is 8.16. The van der Waals surface area contributed by atoms with Crippen LogP contribution in [0.5, 0.6) is 0 Å². The summed E-state index contributed by atoms with van der Waals surface area (Å²) in [5, 5.41) is 25.5. The van der Waals surface area contributed by atoms with Gasteiger partial charge in [-0.05, 0) is 0 Å². The number of rotatable bonds is 8. The summed E-state index contributed by atoms with van der Waals surface area (Å²) in [6.07, 6.45) is 0. The molecule has 0 aromatic carbocycles. The fourth-order valence-electron chi connectivity index (χ4n) is 0.920. The van der Waals surface area contributed by atoms with Gasteiger partial charge in [-0.25, -0.2) is 4.79 Å². The van der Waals surface area contributed by atoms with E-state index < -0.39 is 18.5 Å². The van der Waals surface area contributed by atoms with E-state index in [1.54, 1.807) is 0 Å². The maximum atomic E-state index is 11.3. The molecule has 3 N–H and O–H groups in total. The predicted octanol–water partition coefficient (Wildman–Crippen LogP) is -2.10. The summed E-state index contributed by atoms with van der Waals surface area (Å²) in [7, 11) is 0. The molecule has 0 fully saturated rings. The summed E-state index contributed by atoms with van der Waals surface area (Å²) in [6.45, 7) is -1.16. The Kier molecular flexibility index (Phi) is 7.51. The van der Waals surface area contributed by atoms with Crippen LogP contribution in [0.4, 0.5) is 0 Å². The van der Waals surface area contributed by atoms with Gasteiger partial charge in [0, 0.05) is 13.1 Å². The number of aliphatic hydroxyl groups is 2. The van der Waals surface area contributed by atoms with Crippen molar-refractivity contribution < 1.29 is 29.6 Å². The van der Waals surface area contributed by atoms with Gasteiger partial charge in [0.05, 0.1) is 13.2 Å². The van der Waals surface area contributed by atoms with Crippen LogP contribution in [0.1, 0.15) is 0 Å². The highest BCUT2D eigenvalue weighted by atomic mass is 16.5. The summed E-state index contributed by atoms with van der Waals surface area (Å²) in [5.74, 6) is -1.61. The molecule has 0 aliphatic carbocycles. The van der Waals surface area contributed by atoms with Crippen molar-refractivity contribution in [3.8, 4) is 0 Å². The van der Waals surface area contributed by atoms with Gasteiger partial charge in [-0.2, -0.15) is 0 Å². The lowest BCUT2D eigenvalue weighted by Crippen LogP contribution is -2.38. The molecular weight excluding hydrogens is 206 g/mol. The van der Waals surface area contributed by atoms with E-state index in [0.717, 1.165) is 0 Å². The fraction of sp³-hybridized carbons (Fsp3) is 0.750. The van der Waals surface area contributed by atoms with Crippen molar-refractivity contribution in [1.82, 2.24) is 4.90 Å². The van der Waals surface area contributed by atoms with Gasteiger partial charge in [-0.3, -0.25) is 4.79 Å². The molecule has 0 aromatic heterocycles. The van der Waals surface area contributed by atoms with E-state index in [9.17, 15) is 9.59 Å². The van der Waals surface area contributed by atoms with Crippen molar-refractivity contribution in [3.05, 3.63) is 0 Å². The number of aliphatic hydroxyl groups excluding tert-OH is 2. The minimum Gasteiger partial charge on any atom is -0.480 e. The average Bonchev–Trinajstić information content (AvgIpc) is 2.16. The van der Waals surface area contributed by atoms with Gasteiger partial charge in [0.2, 0.25) is 5.91 Å². The normalized spacial score (nSPS) is 10.0. The minimum atomic E-state index is -1.15. The summed E-state index contributed by atoms with van der Waals surface area (Å²) in [4.78, 5) is 22.6. The van der Waals surface area contributed by atoms with Crippen LogP contribution in [-0.4, -0.2) is 71.6 Å². The van der Waals surface area contributed by atoms with Crippen LogP contribution in [0.3, 0.4) is 0 Å². The summed E-state index contributed by atoms with van der Waals surface area (Å²) >= 11 is 0. The van der Waals surface area contributed by atoms with Gasteiger partial charge in [-0.15, -0.1) is 0 Å². The number of carbonyl (C=O) groups is 2. The van der Waals surface area contributed by atoms with Gasteiger partial charge in [0.25, 0.3) is 0 Å². The molecule has 0 heterocycles. The third-order valence-corrected chi connectivity index (χ3v) is 1.54. The Hall–Kier alpha value is -1.18. The molecule has 0 saturated carbocycles. The van der Waals surface area contributed by atoms with Crippen molar-refractivity contribution in [2.24, 2.45) is 0 Å². The zero-order valence-electron chi connectivity index (χ0n) is 8.26. The Morgan fingerprint density at radius 3 is 2.00 bits per heavy atom. The highest BCUT2D eigenvalue weighted by Gasteiger charge is 2.12. The standard InChI is InChI=1S/C8H15NO6/c10-3-1-9(2-4-11)7(12)5-15-6-8(13)14/h10-11H,1-6H2,(H,13,14). The molecule has 0 rings (SSSR count). The largest absolute Gasteiger partial charge is 0.480 e. The predicted molar refractivity (Wildman–Crippen MR) is 49.2 cm³/mol. The van der Waals surface area contributed by atoms with Crippen molar-refractivity contribution in [2.75, 3.05) is 39.5 Å². The Labute approximate surface area is 86.9 Å². The molecule has 0 atom stereocenters. The average molecular weight is 221 g/mol. The van der Waals surface area contributed by atoms with Gasteiger partial charge in [0.15, 0.2) is 0 Å². The van der Waals surface area contributed by atoms with Crippen molar-refractivity contribution in [3.63, 3.8) is 0 Å². The molecular formula is C8H15NO6. The van der Waals surface area contributed by atoms with Gasteiger partial charge in [-0.1, -0.05) is 0 Å². The molecule has 0 aromatic rings. The number of nitrogens with zero attached hydrogens (tertiary/aromatic N) is 1. The van der Waals surface area contributed by atoms with Crippen molar-refractivity contribution in [1.29, 1.82) is 0 Å². The molecule has 0 radical (unpaired) electrons. The van der Waals surface area contributed by atoms with Gasteiger partial charge in [0.1, 0.15) is 13.2 Å². The first-order chi connectivity index (χ1) is 7.11. The molecule has 7 nitrogen and oxygen atoms in total. The van der Waals surface area contributed by atoms with Crippen LogP contribution in [0.25, 0.3) is 0 Å². The molecule has 0 saturated heterocycles. The molecule has 88 valence electrons. The first kappa shape index (κ1) is 13.8. The zero-order chi connectivity index (χ0) is 11.7. The lowest BCUT2D eigenvalue weighted by atomic mass is 10.4. The molecule has 0 unspecified atom stereocenters. The van der Waals surface area contributed by atoms with E-state index >= 15 is 0 Å². The third-order valence-electron chi connectivity index (χ3n) is 1.54. The number of hydrogen-bond acceptors (Lipinski definition) is 5. The smallest absolute Gasteiger partial charge is 0.329 e. The number of carbonyl (C=O) groups excluding carboxylic acids is 1. The highest BCUT2D eigenvalue weighted by Crippen LogP contribution is 1.90. The Morgan fingerprint density at radius 2 is 1.60 bits per heavy atom. The van der Waals surface area contributed by atoms with E-state index in [2.05, 4.69) is 4.74 Å². The Morgan fingerprint density at radius 1 is 1.07 bits per heavy atom. The van der Waals surface area contributed by atoms with Crippen LogP contribution >= 0.6 is 0 Å². The number of carboxylic acids is 1. The number of hydrogen-bond donors (Lipinski definition) is 3. The Balaban J connectivity index is 3.85. The first-order valence-corrected chi connectivity index (χ1v) is 4.40.